The first-order valence-corrected chi connectivity index (χ1v) is 10.5. The summed E-state index contributed by atoms with van der Waals surface area (Å²) < 4.78 is 34.7. The minimum absolute atomic E-state index is 0.0137. The van der Waals surface area contributed by atoms with Gasteiger partial charge in [-0.2, -0.15) is 0 Å². The maximum atomic E-state index is 14.2. The molecule has 1 amide bonds. The highest BCUT2D eigenvalue weighted by Crippen LogP contribution is 2.32. The second kappa shape index (κ2) is 9.23. The van der Waals surface area contributed by atoms with Gasteiger partial charge in [-0.15, -0.1) is 0 Å². The van der Waals surface area contributed by atoms with Crippen LogP contribution in [0.15, 0.2) is 55.1 Å². The maximum absolute atomic E-state index is 14.2. The Labute approximate surface area is 185 Å². The second-order valence-corrected chi connectivity index (χ2v) is 7.92. The largest absolute Gasteiger partial charge is 0.465 e. The number of hydrogen-bond acceptors (Lipinski definition) is 6. The van der Waals surface area contributed by atoms with E-state index in [-0.39, 0.29) is 16.6 Å². The number of rotatable bonds is 7. The van der Waals surface area contributed by atoms with E-state index in [9.17, 15) is 18.4 Å². The molecule has 0 aliphatic carbocycles. The van der Waals surface area contributed by atoms with Gasteiger partial charge in [0.2, 0.25) is 0 Å². The Morgan fingerprint density at radius 3 is 2.59 bits per heavy atom. The van der Waals surface area contributed by atoms with Crippen LogP contribution in [-0.4, -0.2) is 40.1 Å². The molecule has 0 saturated carbocycles. The normalized spacial score (nSPS) is 11.0. The molecule has 0 N–H and O–H groups in total. The van der Waals surface area contributed by atoms with Gasteiger partial charge in [-0.1, -0.05) is 11.3 Å². The molecule has 7 nitrogen and oxygen atoms in total. The number of nitrogens with zero attached hydrogens (tertiary/aromatic N) is 4. The van der Waals surface area contributed by atoms with Gasteiger partial charge < -0.3 is 9.30 Å². The molecule has 0 saturated heterocycles. The molecule has 4 aromatic rings. The predicted molar refractivity (Wildman–Crippen MR) is 116 cm³/mol. The summed E-state index contributed by atoms with van der Waals surface area (Å²) in [6.45, 7) is 0.901. The molecule has 0 aliphatic heterocycles. The number of carbonyl (C=O) groups excluding carboxylic acids is 2. The molecule has 0 fully saturated rings. The standard InChI is InChI=1S/C22H18F2N4O3S/c1-31-21(30)15-5-3-14(4-6-15)20(29)28(9-2-8-27-10-7-25-13-27)22-26-19-17(24)11-16(23)12-18(19)32-22/h3-7,10-13H,2,8-9H2,1H3. The van der Waals surface area contributed by atoms with E-state index in [1.165, 1.54) is 42.3 Å². The Hall–Kier alpha value is -3.66. The Morgan fingerprint density at radius 1 is 1.16 bits per heavy atom. The van der Waals surface area contributed by atoms with Crippen molar-refractivity contribution in [2.24, 2.45) is 0 Å². The van der Waals surface area contributed by atoms with Crippen LogP contribution in [0, 0.1) is 11.6 Å². The Kier molecular flexibility index (Phi) is 6.22. The van der Waals surface area contributed by atoms with Gasteiger partial charge in [0, 0.05) is 37.1 Å². The number of hydrogen-bond donors (Lipinski definition) is 0. The van der Waals surface area contributed by atoms with E-state index >= 15 is 0 Å². The third-order valence-electron chi connectivity index (χ3n) is 4.79. The van der Waals surface area contributed by atoms with E-state index in [4.69, 9.17) is 0 Å². The van der Waals surface area contributed by atoms with E-state index in [1.54, 1.807) is 12.5 Å². The van der Waals surface area contributed by atoms with Crippen LogP contribution >= 0.6 is 11.3 Å². The lowest BCUT2D eigenvalue weighted by Crippen LogP contribution is -2.32. The highest BCUT2D eigenvalue weighted by molar-refractivity contribution is 7.22. The number of carbonyl (C=O) groups is 2. The summed E-state index contributed by atoms with van der Waals surface area (Å²) in [5.74, 6) is -2.37. The third kappa shape index (κ3) is 4.50. The average molecular weight is 456 g/mol. The number of ether oxygens (including phenoxy) is 1. The molecule has 0 bridgehead atoms. The lowest BCUT2D eigenvalue weighted by atomic mass is 10.1. The van der Waals surface area contributed by atoms with Crippen molar-refractivity contribution >= 4 is 38.6 Å². The zero-order chi connectivity index (χ0) is 22.7. The molecule has 164 valence electrons. The smallest absolute Gasteiger partial charge is 0.337 e. The molecular formula is C22H18F2N4O3S. The number of anilines is 1. The zero-order valence-electron chi connectivity index (χ0n) is 17.0. The van der Waals surface area contributed by atoms with Crippen LogP contribution in [0.2, 0.25) is 0 Å². The number of imidazole rings is 1. The van der Waals surface area contributed by atoms with Crippen molar-refractivity contribution in [2.75, 3.05) is 18.6 Å². The Morgan fingerprint density at radius 2 is 1.91 bits per heavy atom. The van der Waals surface area contributed by atoms with Crippen molar-refractivity contribution in [3.05, 3.63) is 77.9 Å². The summed E-state index contributed by atoms with van der Waals surface area (Å²) in [5.41, 5.74) is 0.652. The molecular weight excluding hydrogens is 438 g/mol. The molecule has 0 spiro atoms. The lowest BCUT2D eigenvalue weighted by Gasteiger charge is -2.20. The van der Waals surface area contributed by atoms with E-state index in [0.29, 0.717) is 35.3 Å². The fourth-order valence-electron chi connectivity index (χ4n) is 3.20. The number of esters is 1. The van der Waals surface area contributed by atoms with Crippen molar-refractivity contribution in [1.29, 1.82) is 0 Å². The summed E-state index contributed by atoms with van der Waals surface area (Å²) in [6, 6.07) is 7.99. The third-order valence-corrected chi connectivity index (χ3v) is 5.81. The number of halogens is 2. The number of amides is 1. The lowest BCUT2D eigenvalue weighted by molar-refractivity contribution is 0.0600. The second-order valence-electron chi connectivity index (χ2n) is 6.91. The fourth-order valence-corrected chi connectivity index (χ4v) is 4.23. The highest BCUT2D eigenvalue weighted by Gasteiger charge is 2.23. The van der Waals surface area contributed by atoms with Crippen molar-refractivity contribution in [2.45, 2.75) is 13.0 Å². The summed E-state index contributed by atoms with van der Waals surface area (Å²) in [4.78, 5) is 34.7. The Balaban J connectivity index is 1.64. The maximum Gasteiger partial charge on any atom is 0.337 e. The summed E-state index contributed by atoms with van der Waals surface area (Å²) in [6.07, 6.45) is 5.73. The average Bonchev–Trinajstić information content (AvgIpc) is 3.46. The molecule has 0 radical (unpaired) electrons. The van der Waals surface area contributed by atoms with E-state index in [2.05, 4.69) is 14.7 Å². The van der Waals surface area contributed by atoms with Crippen molar-refractivity contribution in [1.82, 2.24) is 14.5 Å². The van der Waals surface area contributed by atoms with Crippen LogP contribution in [0.3, 0.4) is 0 Å². The molecule has 2 heterocycles. The van der Waals surface area contributed by atoms with E-state index in [0.717, 1.165) is 17.4 Å². The van der Waals surface area contributed by atoms with Gasteiger partial charge in [0.25, 0.3) is 5.91 Å². The van der Waals surface area contributed by atoms with Gasteiger partial charge in [0.1, 0.15) is 11.3 Å². The van der Waals surface area contributed by atoms with Gasteiger partial charge in [-0.3, -0.25) is 9.69 Å². The Bertz CT molecular complexity index is 1260. The first kappa shape index (κ1) is 21.6. The number of aromatic nitrogens is 3. The number of fused-ring (bicyclic) bond motifs is 1. The number of benzene rings is 2. The zero-order valence-corrected chi connectivity index (χ0v) is 17.8. The molecule has 0 aliphatic rings. The van der Waals surface area contributed by atoms with Crippen LogP contribution < -0.4 is 4.90 Å². The van der Waals surface area contributed by atoms with E-state index < -0.39 is 17.6 Å². The van der Waals surface area contributed by atoms with Gasteiger partial charge in [-0.25, -0.2) is 23.5 Å². The van der Waals surface area contributed by atoms with Crippen LogP contribution in [0.4, 0.5) is 13.9 Å². The quantitative estimate of drug-likeness (QED) is 0.388. The molecule has 0 atom stereocenters. The molecule has 4 rings (SSSR count). The van der Waals surface area contributed by atoms with Crippen LogP contribution in [0.5, 0.6) is 0 Å². The minimum atomic E-state index is -0.782. The molecule has 2 aromatic carbocycles. The molecule has 0 unspecified atom stereocenters. The van der Waals surface area contributed by atoms with E-state index in [1.807, 2.05) is 10.8 Å². The summed E-state index contributed by atoms with van der Waals surface area (Å²) >= 11 is 1.04. The predicted octanol–water partition coefficient (Wildman–Crippen LogP) is 4.29. The fraction of sp³-hybridized carbons (Fsp3) is 0.182. The van der Waals surface area contributed by atoms with Gasteiger partial charge >= 0.3 is 5.97 Å². The molecule has 2 aromatic heterocycles. The monoisotopic (exact) mass is 456 g/mol. The van der Waals surface area contributed by atoms with Crippen molar-refractivity contribution < 1.29 is 23.1 Å². The van der Waals surface area contributed by atoms with Gasteiger partial charge in [0.05, 0.1) is 23.7 Å². The number of aryl methyl sites for hydroxylation is 1. The first-order valence-electron chi connectivity index (χ1n) is 9.68. The molecule has 10 heteroatoms. The highest BCUT2D eigenvalue weighted by atomic mass is 32.1. The van der Waals surface area contributed by atoms with Crippen LogP contribution in [-0.2, 0) is 11.3 Å². The van der Waals surface area contributed by atoms with Crippen LogP contribution in [0.1, 0.15) is 27.1 Å². The number of methoxy groups -OCH3 is 1. The van der Waals surface area contributed by atoms with Crippen molar-refractivity contribution in [3.8, 4) is 0 Å². The summed E-state index contributed by atoms with van der Waals surface area (Å²) in [7, 11) is 1.28. The summed E-state index contributed by atoms with van der Waals surface area (Å²) in [5, 5.41) is 0.261. The van der Waals surface area contributed by atoms with Gasteiger partial charge in [-0.05, 0) is 36.8 Å². The topological polar surface area (TPSA) is 77.3 Å². The van der Waals surface area contributed by atoms with Gasteiger partial charge in [0.15, 0.2) is 10.9 Å². The van der Waals surface area contributed by atoms with Crippen molar-refractivity contribution in [3.63, 3.8) is 0 Å². The molecule has 32 heavy (non-hydrogen) atoms. The minimum Gasteiger partial charge on any atom is -0.465 e. The SMILES string of the molecule is COC(=O)c1ccc(C(=O)N(CCCn2ccnc2)c2nc3c(F)cc(F)cc3s2)cc1. The van der Waals surface area contributed by atoms with Crippen LogP contribution in [0.25, 0.3) is 10.2 Å². The first-order chi connectivity index (χ1) is 15.5. The number of thiazole rings is 1.